The minimum atomic E-state index is -4.30. The third-order valence-corrected chi connectivity index (χ3v) is 6.31. The second-order valence-corrected chi connectivity index (χ2v) is 8.11. The van der Waals surface area contributed by atoms with E-state index in [-0.39, 0.29) is 23.7 Å². The molecular weight excluding hydrogens is 399 g/mol. The topological polar surface area (TPSA) is 35.6 Å². The molecule has 1 aromatic rings. The Morgan fingerprint density at radius 3 is 2.52 bits per heavy atom. The van der Waals surface area contributed by atoms with Crippen molar-refractivity contribution in [1.29, 1.82) is 0 Å². The third kappa shape index (κ3) is 5.93. The zero-order valence-electron chi connectivity index (χ0n) is 15.2. The van der Waals surface area contributed by atoms with Crippen molar-refractivity contribution in [2.75, 3.05) is 37.6 Å². The molecule has 9 heteroatoms. The minimum Gasteiger partial charge on any atom is -0.369 e. The molecule has 152 valence electrons. The highest BCUT2D eigenvalue weighted by atomic mass is 35.5. The highest BCUT2D eigenvalue weighted by Crippen LogP contribution is 2.32. The SMILES string of the molecule is CC1NC(=O)SC1CCCN1CCN(c2cccc(C(F)(F)F)c2)CC1.Cl. The molecule has 2 aliphatic heterocycles. The summed E-state index contributed by atoms with van der Waals surface area (Å²) in [4.78, 5) is 15.7. The number of thioether (sulfide) groups is 1. The molecule has 0 saturated carbocycles. The maximum absolute atomic E-state index is 12.9. The predicted molar refractivity (Wildman–Crippen MR) is 106 cm³/mol. The van der Waals surface area contributed by atoms with E-state index in [1.165, 1.54) is 23.9 Å². The summed E-state index contributed by atoms with van der Waals surface area (Å²) in [6, 6.07) is 5.79. The van der Waals surface area contributed by atoms with Crippen LogP contribution in [0.15, 0.2) is 24.3 Å². The zero-order chi connectivity index (χ0) is 18.7. The van der Waals surface area contributed by atoms with Crippen molar-refractivity contribution in [3.05, 3.63) is 29.8 Å². The number of carbonyl (C=O) groups excluding carboxylic acids is 1. The van der Waals surface area contributed by atoms with Gasteiger partial charge in [-0.2, -0.15) is 13.2 Å². The number of hydrogen-bond acceptors (Lipinski definition) is 4. The van der Waals surface area contributed by atoms with Crippen molar-refractivity contribution in [3.8, 4) is 0 Å². The Bertz CT molecular complexity index is 639. The van der Waals surface area contributed by atoms with Crippen LogP contribution in [0.4, 0.5) is 23.7 Å². The molecule has 2 fully saturated rings. The molecule has 3 rings (SSSR count). The number of alkyl halides is 3. The maximum atomic E-state index is 12.9. The van der Waals surface area contributed by atoms with E-state index in [0.717, 1.165) is 51.6 Å². The third-order valence-electron chi connectivity index (χ3n) is 5.04. The lowest BCUT2D eigenvalue weighted by Gasteiger charge is -2.36. The van der Waals surface area contributed by atoms with E-state index in [0.29, 0.717) is 10.9 Å². The number of anilines is 1. The van der Waals surface area contributed by atoms with E-state index in [1.54, 1.807) is 6.07 Å². The molecule has 0 aromatic heterocycles. The van der Waals surface area contributed by atoms with Crippen molar-refractivity contribution in [3.63, 3.8) is 0 Å². The monoisotopic (exact) mass is 423 g/mol. The fourth-order valence-corrected chi connectivity index (χ4v) is 4.57. The van der Waals surface area contributed by atoms with Gasteiger partial charge in [-0.05, 0) is 44.5 Å². The van der Waals surface area contributed by atoms with Gasteiger partial charge in [0.2, 0.25) is 0 Å². The first kappa shape index (κ1) is 22.2. The number of piperazine rings is 1. The van der Waals surface area contributed by atoms with Gasteiger partial charge in [-0.15, -0.1) is 12.4 Å². The molecule has 2 heterocycles. The Morgan fingerprint density at radius 2 is 1.93 bits per heavy atom. The quantitative estimate of drug-likeness (QED) is 0.768. The van der Waals surface area contributed by atoms with Crippen LogP contribution in [-0.4, -0.2) is 54.2 Å². The highest BCUT2D eigenvalue weighted by molar-refractivity contribution is 8.14. The second kappa shape index (κ2) is 9.39. The van der Waals surface area contributed by atoms with E-state index >= 15 is 0 Å². The summed E-state index contributed by atoms with van der Waals surface area (Å²) in [6.07, 6.45) is -2.28. The van der Waals surface area contributed by atoms with Gasteiger partial charge in [0.05, 0.1) is 5.56 Å². The van der Waals surface area contributed by atoms with Gasteiger partial charge in [-0.1, -0.05) is 17.8 Å². The Balaban J connectivity index is 0.00000261. The molecule has 2 aliphatic rings. The lowest BCUT2D eigenvalue weighted by molar-refractivity contribution is -0.137. The molecule has 0 bridgehead atoms. The molecule has 0 aliphatic carbocycles. The van der Waals surface area contributed by atoms with Crippen molar-refractivity contribution in [2.45, 2.75) is 37.2 Å². The van der Waals surface area contributed by atoms with E-state index in [1.807, 2.05) is 11.8 Å². The van der Waals surface area contributed by atoms with Gasteiger partial charge in [0.1, 0.15) is 0 Å². The number of rotatable bonds is 5. The average Bonchev–Trinajstić information content (AvgIpc) is 2.92. The van der Waals surface area contributed by atoms with Crippen molar-refractivity contribution < 1.29 is 18.0 Å². The number of hydrogen-bond donors (Lipinski definition) is 1. The fourth-order valence-electron chi connectivity index (χ4n) is 3.49. The summed E-state index contributed by atoms with van der Waals surface area (Å²) in [5.41, 5.74) is 0.0454. The van der Waals surface area contributed by atoms with E-state index < -0.39 is 11.7 Å². The first-order valence-electron chi connectivity index (χ1n) is 8.94. The summed E-state index contributed by atoms with van der Waals surface area (Å²) in [6.45, 7) is 6.16. The Labute approximate surface area is 168 Å². The number of nitrogens with one attached hydrogen (secondary N) is 1. The van der Waals surface area contributed by atoms with Gasteiger partial charge in [0.15, 0.2) is 0 Å². The molecular formula is C18H25ClF3N3OS. The molecule has 1 amide bonds. The summed E-state index contributed by atoms with van der Waals surface area (Å²) < 4.78 is 38.6. The van der Waals surface area contributed by atoms with Crippen molar-refractivity contribution >= 4 is 35.1 Å². The Hall–Kier alpha value is -1.12. The summed E-state index contributed by atoms with van der Waals surface area (Å²) in [5.74, 6) is 0. The molecule has 1 N–H and O–H groups in total. The zero-order valence-corrected chi connectivity index (χ0v) is 16.8. The van der Waals surface area contributed by atoms with Gasteiger partial charge in [0, 0.05) is 43.2 Å². The molecule has 2 saturated heterocycles. The highest BCUT2D eigenvalue weighted by Gasteiger charge is 2.31. The molecule has 0 radical (unpaired) electrons. The number of benzene rings is 1. The van der Waals surface area contributed by atoms with Gasteiger partial charge in [-0.3, -0.25) is 9.69 Å². The van der Waals surface area contributed by atoms with Crippen LogP contribution in [0.25, 0.3) is 0 Å². The van der Waals surface area contributed by atoms with Crippen LogP contribution >= 0.6 is 24.2 Å². The normalized spacial score (nSPS) is 23.9. The number of halogens is 4. The van der Waals surface area contributed by atoms with Gasteiger partial charge in [0.25, 0.3) is 5.24 Å². The number of nitrogens with zero attached hydrogens (tertiary/aromatic N) is 2. The maximum Gasteiger partial charge on any atom is 0.416 e. The first-order chi connectivity index (χ1) is 12.3. The fraction of sp³-hybridized carbons (Fsp3) is 0.611. The summed E-state index contributed by atoms with van der Waals surface area (Å²) in [7, 11) is 0. The van der Waals surface area contributed by atoms with Crippen LogP contribution < -0.4 is 10.2 Å². The predicted octanol–water partition coefficient (Wildman–Crippen LogP) is 4.24. The van der Waals surface area contributed by atoms with Crippen LogP contribution in [0.1, 0.15) is 25.3 Å². The lowest BCUT2D eigenvalue weighted by atomic mass is 10.1. The van der Waals surface area contributed by atoms with Crippen LogP contribution in [-0.2, 0) is 6.18 Å². The van der Waals surface area contributed by atoms with Crippen LogP contribution in [0, 0.1) is 0 Å². The average molecular weight is 424 g/mol. The minimum absolute atomic E-state index is 0. The van der Waals surface area contributed by atoms with Crippen LogP contribution in [0.5, 0.6) is 0 Å². The number of amides is 1. The van der Waals surface area contributed by atoms with E-state index in [2.05, 4.69) is 10.2 Å². The Kier molecular flexibility index (Phi) is 7.71. The summed E-state index contributed by atoms with van der Waals surface area (Å²) >= 11 is 1.39. The Morgan fingerprint density at radius 1 is 1.22 bits per heavy atom. The second-order valence-electron chi connectivity index (χ2n) is 6.90. The van der Waals surface area contributed by atoms with E-state index in [9.17, 15) is 18.0 Å². The number of carbonyl (C=O) groups is 1. The van der Waals surface area contributed by atoms with Crippen LogP contribution in [0.2, 0.25) is 0 Å². The lowest BCUT2D eigenvalue weighted by Crippen LogP contribution is -2.46. The van der Waals surface area contributed by atoms with E-state index in [4.69, 9.17) is 0 Å². The van der Waals surface area contributed by atoms with Gasteiger partial charge in [-0.25, -0.2) is 0 Å². The standard InChI is InChI=1S/C18H24F3N3OS.ClH/c1-13-16(26-17(25)22-13)6-3-7-23-8-10-24(11-9-23)15-5-2-4-14(12-15)18(19,20)21;/h2,4-5,12-13,16H,3,6-11H2,1H3,(H,22,25);1H. The van der Waals surface area contributed by atoms with Crippen molar-refractivity contribution in [2.24, 2.45) is 0 Å². The molecule has 2 unspecified atom stereocenters. The van der Waals surface area contributed by atoms with Crippen LogP contribution in [0.3, 0.4) is 0 Å². The van der Waals surface area contributed by atoms with Gasteiger partial charge < -0.3 is 10.2 Å². The van der Waals surface area contributed by atoms with Crippen molar-refractivity contribution in [1.82, 2.24) is 10.2 Å². The first-order valence-corrected chi connectivity index (χ1v) is 9.82. The summed E-state index contributed by atoms with van der Waals surface area (Å²) in [5, 5.41) is 3.33. The molecule has 27 heavy (non-hydrogen) atoms. The smallest absolute Gasteiger partial charge is 0.369 e. The molecule has 0 spiro atoms. The molecule has 2 atom stereocenters. The molecule has 1 aromatic carbocycles. The van der Waals surface area contributed by atoms with Gasteiger partial charge >= 0.3 is 6.18 Å². The largest absolute Gasteiger partial charge is 0.416 e. The molecule has 4 nitrogen and oxygen atoms in total.